The lowest BCUT2D eigenvalue weighted by atomic mass is 9.81. The zero-order valence-electron chi connectivity index (χ0n) is 21.9. The molecule has 2 aromatic carbocycles. The third kappa shape index (κ3) is 5.04. The van der Waals surface area contributed by atoms with E-state index in [2.05, 4.69) is 0 Å². The first-order chi connectivity index (χ1) is 18.2. The van der Waals surface area contributed by atoms with Gasteiger partial charge in [-0.1, -0.05) is 55.0 Å². The molecule has 2 aliphatic heterocycles. The molecule has 1 aliphatic carbocycles. The molecule has 2 heterocycles. The van der Waals surface area contributed by atoms with Gasteiger partial charge in [0.05, 0.1) is 10.5 Å². The molecule has 8 heteroatoms. The maximum absolute atomic E-state index is 13.4. The fraction of sp³-hybridized carbons (Fsp3) is 0.467. The van der Waals surface area contributed by atoms with Crippen LogP contribution in [-0.4, -0.2) is 48.3 Å². The summed E-state index contributed by atoms with van der Waals surface area (Å²) in [5.74, 6) is -2.34. The van der Waals surface area contributed by atoms with Crippen molar-refractivity contribution in [2.75, 3.05) is 6.54 Å². The van der Waals surface area contributed by atoms with E-state index in [1.165, 1.54) is 4.31 Å². The number of Topliss-reactive ketones (excluding diaryl/α,β-unsaturated/α-hetero) is 1. The van der Waals surface area contributed by atoms with E-state index < -0.39 is 39.6 Å². The molecule has 0 bridgehead atoms. The summed E-state index contributed by atoms with van der Waals surface area (Å²) in [6, 6.07) is 16.0. The van der Waals surface area contributed by atoms with Crippen LogP contribution in [0.5, 0.6) is 0 Å². The number of carbonyl (C=O) groups is 2. The van der Waals surface area contributed by atoms with Gasteiger partial charge in [0.1, 0.15) is 0 Å². The first-order valence-corrected chi connectivity index (χ1v) is 15.0. The maximum atomic E-state index is 13.4. The van der Waals surface area contributed by atoms with Crippen molar-refractivity contribution < 1.29 is 27.9 Å². The Labute approximate surface area is 224 Å². The van der Waals surface area contributed by atoms with Crippen LogP contribution in [0.25, 0.3) is 0 Å². The van der Waals surface area contributed by atoms with E-state index >= 15 is 0 Å². The number of aliphatic hydroxyl groups is 1. The number of hydrogen-bond acceptors (Lipinski definition) is 6. The van der Waals surface area contributed by atoms with Gasteiger partial charge in [-0.25, -0.2) is 13.2 Å². The maximum Gasteiger partial charge on any atom is 0.339 e. The number of aliphatic hydroxyl groups excluding tert-OH is 1. The Balaban J connectivity index is 1.38. The number of sulfonamides is 1. The van der Waals surface area contributed by atoms with Crippen molar-refractivity contribution in [2.45, 2.75) is 75.3 Å². The number of aryl methyl sites for hydroxylation is 1. The summed E-state index contributed by atoms with van der Waals surface area (Å²) < 4.78 is 34.1. The van der Waals surface area contributed by atoms with E-state index in [9.17, 15) is 23.1 Å². The molecule has 7 nitrogen and oxygen atoms in total. The molecule has 2 fully saturated rings. The molecule has 38 heavy (non-hydrogen) atoms. The Morgan fingerprint density at radius 1 is 1.03 bits per heavy atom. The zero-order valence-corrected chi connectivity index (χ0v) is 22.7. The average Bonchev–Trinajstić information content (AvgIpc) is 3.63. The van der Waals surface area contributed by atoms with E-state index in [0.29, 0.717) is 25.8 Å². The van der Waals surface area contributed by atoms with Gasteiger partial charge in [0.25, 0.3) is 0 Å². The third-order valence-electron chi connectivity index (χ3n) is 8.24. The second-order valence-corrected chi connectivity index (χ2v) is 12.7. The predicted octanol–water partition coefficient (Wildman–Crippen LogP) is 5.06. The van der Waals surface area contributed by atoms with Crippen molar-refractivity contribution in [3.05, 3.63) is 77.1 Å². The highest BCUT2D eigenvalue weighted by Crippen LogP contribution is 2.49. The summed E-state index contributed by atoms with van der Waals surface area (Å²) in [4.78, 5) is 27.0. The lowest BCUT2D eigenvalue weighted by Crippen LogP contribution is -2.44. The van der Waals surface area contributed by atoms with E-state index in [4.69, 9.17) is 4.74 Å². The van der Waals surface area contributed by atoms with Crippen molar-refractivity contribution in [1.82, 2.24) is 4.31 Å². The summed E-state index contributed by atoms with van der Waals surface area (Å²) in [7, 11) is -3.70. The molecule has 202 valence electrons. The topological polar surface area (TPSA) is 101 Å². The second kappa shape index (κ2) is 10.7. The fourth-order valence-corrected chi connectivity index (χ4v) is 7.71. The first-order valence-electron chi connectivity index (χ1n) is 13.5. The molecule has 0 amide bonds. The number of rotatable bonds is 9. The fourth-order valence-electron chi connectivity index (χ4n) is 6.01. The summed E-state index contributed by atoms with van der Waals surface area (Å²) in [6.07, 6.45) is 2.99. The Hall–Kier alpha value is -2.97. The number of carbonyl (C=O) groups excluding carboxylic acids is 2. The van der Waals surface area contributed by atoms with Crippen LogP contribution in [0.15, 0.2) is 70.8 Å². The standard InChI is InChI=1S/C30H35NO6S/c1-3-20(18-23-10-7-17-31(23)38(35,36)24-15-11-19(2)12-16-24)29-28(33)27(32)26(30(34)37-29)25(22-13-14-22)21-8-5-4-6-9-21/h4-6,8-9,11-12,15-16,20,22-23,25,29,32H,3,7,10,13-14,17-18H2,1-2H3. The van der Waals surface area contributed by atoms with E-state index in [-0.39, 0.29) is 28.3 Å². The van der Waals surface area contributed by atoms with Crippen molar-refractivity contribution >= 4 is 21.8 Å². The summed E-state index contributed by atoms with van der Waals surface area (Å²) in [5, 5.41) is 11.1. The Kier molecular flexibility index (Phi) is 7.47. The van der Waals surface area contributed by atoms with Crippen molar-refractivity contribution in [2.24, 2.45) is 11.8 Å². The van der Waals surface area contributed by atoms with E-state index in [1.54, 1.807) is 24.3 Å². The number of benzene rings is 2. The number of esters is 1. The average molecular weight is 538 g/mol. The van der Waals surface area contributed by atoms with Gasteiger partial charge in [0.2, 0.25) is 15.8 Å². The van der Waals surface area contributed by atoms with Crippen LogP contribution in [0.1, 0.15) is 62.5 Å². The molecule has 2 aromatic rings. The molecule has 0 aromatic heterocycles. The van der Waals surface area contributed by atoms with Crippen LogP contribution < -0.4 is 0 Å². The third-order valence-corrected chi connectivity index (χ3v) is 10.2. The van der Waals surface area contributed by atoms with E-state index in [1.807, 2.05) is 44.2 Å². The molecule has 4 atom stereocenters. The van der Waals surface area contributed by atoms with Crippen LogP contribution in [0, 0.1) is 18.8 Å². The number of hydrogen-bond donors (Lipinski definition) is 1. The zero-order chi connectivity index (χ0) is 27.0. The number of ether oxygens (including phenoxy) is 1. The molecule has 1 saturated carbocycles. The highest BCUT2D eigenvalue weighted by molar-refractivity contribution is 7.89. The van der Waals surface area contributed by atoms with Crippen molar-refractivity contribution in [3.8, 4) is 0 Å². The molecular formula is C30H35NO6S. The normalized spacial score (nSPS) is 24.4. The van der Waals surface area contributed by atoms with Gasteiger partial charge in [-0.05, 0) is 69.1 Å². The minimum absolute atomic E-state index is 0.0549. The first kappa shape index (κ1) is 26.6. The molecule has 1 saturated heterocycles. The van der Waals surface area contributed by atoms with Crippen molar-refractivity contribution in [3.63, 3.8) is 0 Å². The lowest BCUT2D eigenvalue weighted by molar-refractivity contribution is -0.158. The van der Waals surface area contributed by atoms with Gasteiger partial charge in [-0.2, -0.15) is 4.31 Å². The molecule has 0 radical (unpaired) electrons. The Bertz CT molecular complexity index is 1330. The smallest absolute Gasteiger partial charge is 0.339 e. The predicted molar refractivity (Wildman–Crippen MR) is 143 cm³/mol. The molecule has 5 rings (SSSR count). The quantitative estimate of drug-likeness (QED) is 0.449. The van der Waals surface area contributed by atoms with Crippen LogP contribution in [-0.2, 0) is 24.3 Å². The van der Waals surface area contributed by atoms with Crippen LogP contribution >= 0.6 is 0 Å². The van der Waals surface area contributed by atoms with Crippen molar-refractivity contribution in [1.29, 1.82) is 0 Å². The summed E-state index contributed by atoms with van der Waals surface area (Å²) >= 11 is 0. The second-order valence-electron chi connectivity index (χ2n) is 10.8. The van der Waals surface area contributed by atoms with Gasteiger partial charge >= 0.3 is 5.97 Å². The Morgan fingerprint density at radius 2 is 1.71 bits per heavy atom. The molecule has 1 N–H and O–H groups in total. The highest BCUT2D eigenvalue weighted by Gasteiger charge is 2.48. The summed E-state index contributed by atoms with van der Waals surface area (Å²) in [5.41, 5.74) is 1.92. The van der Waals surface area contributed by atoms with Gasteiger partial charge < -0.3 is 9.84 Å². The largest absolute Gasteiger partial charge is 0.504 e. The van der Waals surface area contributed by atoms with Gasteiger partial charge in [-0.3, -0.25) is 4.79 Å². The molecular weight excluding hydrogens is 502 g/mol. The molecule has 4 unspecified atom stereocenters. The number of cyclic esters (lactones) is 1. The number of nitrogens with zero attached hydrogens (tertiary/aromatic N) is 1. The van der Waals surface area contributed by atoms with Gasteiger partial charge in [0, 0.05) is 24.4 Å². The number of ketones is 1. The van der Waals surface area contributed by atoms with Crippen LogP contribution in [0.2, 0.25) is 0 Å². The SMILES string of the molecule is CCC(CC1CCCN1S(=O)(=O)c1ccc(C)cc1)C1OC(=O)C(C(c2ccccc2)C2CC2)=C(O)C1=O. The molecule has 0 spiro atoms. The highest BCUT2D eigenvalue weighted by atomic mass is 32.2. The van der Waals surface area contributed by atoms with E-state index in [0.717, 1.165) is 30.4 Å². The van der Waals surface area contributed by atoms with Gasteiger partial charge in [-0.15, -0.1) is 0 Å². The van der Waals surface area contributed by atoms with Crippen LogP contribution in [0.4, 0.5) is 0 Å². The summed E-state index contributed by atoms with van der Waals surface area (Å²) in [6.45, 7) is 4.21. The lowest BCUT2D eigenvalue weighted by Gasteiger charge is -2.34. The minimum atomic E-state index is -3.70. The molecule has 3 aliphatic rings. The van der Waals surface area contributed by atoms with Gasteiger partial charge in [0.15, 0.2) is 11.9 Å². The Morgan fingerprint density at radius 3 is 2.34 bits per heavy atom. The minimum Gasteiger partial charge on any atom is -0.504 e. The monoisotopic (exact) mass is 537 g/mol. The van der Waals surface area contributed by atoms with Crippen LogP contribution in [0.3, 0.4) is 0 Å².